The Morgan fingerprint density at radius 3 is 2.64 bits per heavy atom. The van der Waals surface area contributed by atoms with Crippen molar-refractivity contribution in [3.05, 3.63) is 0 Å². The molecule has 2 N–H and O–H groups in total. The maximum Gasteiger partial charge on any atom is 0.233 e. The van der Waals surface area contributed by atoms with Gasteiger partial charge in [0.05, 0.1) is 6.54 Å². The van der Waals surface area contributed by atoms with E-state index in [-0.39, 0.29) is 18.3 Å². The molecule has 5 heteroatoms. The van der Waals surface area contributed by atoms with E-state index in [4.69, 9.17) is 0 Å². The smallest absolute Gasteiger partial charge is 0.233 e. The molecule has 0 atom stereocenters. The quantitative estimate of drug-likeness (QED) is 0.765. The lowest BCUT2D eigenvalue weighted by Crippen LogP contribution is -2.36. The minimum Gasteiger partial charge on any atom is -0.355 e. The van der Waals surface area contributed by atoms with Gasteiger partial charge in [-0.2, -0.15) is 11.8 Å². The highest BCUT2D eigenvalue weighted by molar-refractivity contribution is 7.99. The highest BCUT2D eigenvalue weighted by Crippen LogP contribution is 2.21. The number of thioether (sulfide) groups is 1. The van der Waals surface area contributed by atoms with Gasteiger partial charge >= 0.3 is 0 Å². The number of hydrogen-bond acceptors (Lipinski definition) is 3. The molecule has 0 bridgehead atoms. The van der Waals surface area contributed by atoms with Gasteiger partial charge < -0.3 is 10.6 Å². The number of likely N-dealkylation sites (N-methyl/N-ethyl adjacent to an activating group) is 1. The van der Waals surface area contributed by atoms with Gasteiger partial charge in [0.15, 0.2) is 0 Å². The molecule has 1 heterocycles. The Morgan fingerprint density at radius 1 is 1.43 bits per heavy atom. The first kappa shape index (κ1) is 14.1. The molecule has 1 rings (SSSR count). The number of carbonyl (C=O) groups excluding carboxylic acids is 1. The molecule has 0 aliphatic carbocycles. The Morgan fingerprint density at radius 2 is 2.07 bits per heavy atom. The summed E-state index contributed by atoms with van der Waals surface area (Å²) >= 11 is 2.02. The number of hydrogen-bond donors (Lipinski definition) is 2. The van der Waals surface area contributed by atoms with E-state index in [2.05, 4.69) is 10.6 Å². The van der Waals surface area contributed by atoms with Gasteiger partial charge in [-0.05, 0) is 37.3 Å². The van der Waals surface area contributed by atoms with E-state index in [1.54, 1.807) is 7.05 Å². The summed E-state index contributed by atoms with van der Waals surface area (Å²) in [5.41, 5.74) is 0. The molecule has 3 nitrogen and oxygen atoms in total. The summed E-state index contributed by atoms with van der Waals surface area (Å²) in [6, 6.07) is 0. The van der Waals surface area contributed by atoms with Crippen LogP contribution in [0.5, 0.6) is 0 Å². The molecule has 0 radical (unpaired) electrons. The van der Waals surface area contributed by atoms with E-state index in [1.807, 2.05) is 11.8 Å². The Labute approximate surface area is 96.2 Å². The molecule has 1 amide bonds. The van der Waals surface area contributed by atoms with Crippen LogP contribution in [0.15, 0.2) is 0 Å². The topological polar surface area (TPSA) is 41.1 Å². The van der Waals surface area contributed by atoms with Crippen molar-refractivity contribution in [1.82, 2.24) is 10.6 Å². The zero-order valence-corrected chi connectivity index (χ0v) is 10.2. The highest BCUT2D eigenvalue weighted by atomic mass is 35.5. The third kappa shape index (κ3) is 5.73. The summed E-state index contributed by atoms with van der Waals surface area (Å²) in [5, 5.41) is 5.78. The Hall–Kier alpha value is 0.0700. The predicted molar refractivity (Wildman–Crippen MR) is 64.2 cm³/mol. The summed E-state index contributed by atoms with van der Waals surface area (Å²) < 4.78 is 0. The van der Waals surface area contributed by atoms with Crippen molar-refractivity contribution in [2.24, 2.45) is 5.92 Å². The van der Waals surface area contributed by atoms with Crippen LogP contribution in [0.25, 0.3) is 0 Å². The first-order valence-electron chi connectivity index (χ1n) is 4.82. The number of carbonyl (C=O) groups is 1. The molecule has 1 saturated heterocycles. The van der Waals surface area contributed by atoms with Crippen molar-refractivity contribution < 1.29 is 4.79 Å². The minimum absolute atomic E-state index is 0. The molecule has 0 unspecified atom stereocenters. The van der Waals surface area contributed by atoms with E-state index >= 15 is 0 Å². The van der Waals surface area contributed by atoms with Crippen molar-refractivity contribution in [3.8, 4) is 0 Å². The van der Waals surface area contributed by atoms with E-state index < -0.39 is 0 Å². The van der Waals surface area contributed by atoms with E-state index in [0.717, 1.165) is 6.54 Å². The number of nitrogens with one attached hydrogen (secondary N) is 2. The van der Waals surface area contributed by atoms with Gasteiger partial charge in [-0.15, -0.1) is 12.4 Å². The summed E-state index contributed by atoms with van der Waals surface area (Å²) in [7, 11) is 1.79. The molecule has 1 aliphatic rings. The largest absolute Gasteiger partial charge is 0.355 e. The van der Waals surface area contributed by atoms with Crippen LogP contribution in [-0.2, 0) is 4.79 Å². The van der Waals surface area contributed by atoms with E-state index in [0.29, 0.717) is 12.5 Å². The molecule has 0 aromatic rings. The summed E-state index contributed by atoms with van der Waals surface area (Å²) in [5.74, 6) is 3.34. The fourth-order valence-corrected chi connectivity index (χ4v) is 2.64. The Balaban J connectivity index is 0.00000169. The van der Waals surface area contributed by atoms with Gasteiger partial charge in [-0.1, -0.05) is 0 Å². The van der Waals surface area contributed by atoms with Crippen LogP contribution in [0.2, 0.25) is 0 Å². The molecule has 0 spiro atoms. The normalized spacial score (nSPS) is 17.2. The van der Waals surface area contributed by atoms with Crippen LogP contribution in [0, 0.1) is 5.92 Å². The van der Waals surface area contributed by atoms with Crippen LogP contribution in [-0.4, -0.2) is 37.6 Å². The first-order valence-corrected chi connectivity index (χ1v) is 5.97. The van der Waals surface area contributed by atoms with E-state index in [9.17, 15) is 4.79 Å². The monoisotopic (exact) mass is 238 g/mol. The number of amides is 1. The molecule has 0 aromatic heterocycles. The molecular formula is C9H19ClN2OS. The fourth-order valence-electron chi connectivity index (χ4n) is 1.43. The minimum atomic E-state index is 0. The predicted octanol–water partition coefficient (Wildman–Crippen LogP) is 0.887. The van der Waals surface area contributed by atoms with Gasteiger partial charge in [-0.25, -0.2) is 0 Å². The first-order chi connectivity index (χ1) is 6.33. The second kappa shape index (κ2) is 8.38. The van der Waals surface area contributed by atoms with Crippen LogP contribution < -0.4 is 10.6 Å². The second-order valence-corrected chi connectivity index (χ2v) is 4.61. The lowest BCUT2D eigenvalue weighted by atomic mass is 10.0. The maximum absolute atomic E-state index is 11.1. The third-order valence-electron chi connectivity index (χ3n) is 2.27. The van der Waals surface area contributed by atoms with E-state index in [1.165, 1.54) is 24.3 Å². The average Bonchev–Trinajstić information content (AvgIpc) is 2.17. The molecule has 1 fully saturated rings. The molecule has 1 aliphatic heterocycles. The van der Waals surface area contributed by atoms with Crippen molar-refractivity contribution in [2.75, 3.05) is 31.6 Å². The molecule has 84 valence electrons. The SMILES string of the molecule is CNCC(=O)NCC1CCSCC1.Cl. The lowest BCUT2D eigenvalue weighted by Gasteiger charge is -2.21. The highest BCUT2D eigenvalue weighted by Gasteiger charge is 2.13. The van der Waals surface area contributed by atoms with Gasteiger partial charge in [0.2, 0.25) is 5.91 Å². The van der Waals surface area contributed by atoms with Gasteiger partial charge in [-0.3, -0.25) is 4.79 Å². The van der Waals surface area contributed by atoms with Crippen molar-refractivity contribution in [1.29, 1.82) is 0 Å². The molecule has 0 aromatic carbocycles. The summed E-state index contributed by atoms with van der Waals surface area (Å²) in [6.45, 7) is 1.29. The molecule has 14 heavy (non-hydrogen) atoms. The Bertz CT molecular complexity index is 163. The van der Waals surface area contributed by atoms with Crippen LogP contribution in [0.3, 0.4) is 0 Å². The lowest BCUT2D eigenvalue weighted by molar-refractivity contribution is -0.120. The molecular weight excluding hydrogens is 220 g/mol. The number of rotatable bonds is 4. The van der Waals surface area contributed by atoms with Crippen molar-refractivity contribution >= 4 is 30.1 Å². The van der Waals surface area contributed by atoms with Crippen LogP contribution in [0.1, 0.15) is 12.8 Å². The van der Waals surface area contributed by atoms with Gasteiger partial charge in [0.25, 0.3) is 0 Å². The van der Waals surface area contributed by atoms with Crippen LogP contribution in [0.4, 0.5) is 0 Å². The third-order valence-corrected chi connectivity index (χ3v) is 3.31. The van der Waals surface area contributed by atoms with Crippen molar-refractivity contribution in [2.45, 2.75) is 12.8 Å². The fraction of sp³-hybridized carbons (Fsp3) is 0.889. The van der Waals surface area contributed by atoms with Gasteiger partial charge in [0.1, 0.15) is 0 Å². The van der Waals surface area contributed by atoms with Gasteiger partial charge in [0, 0.05) is 6.54 Å². The standard InChI is InChI=1S/C9H18N2OS.ClH/c1-10-7-9(12)11-6-8-2-4-13-5-3-8;/h8,10H,2-7H2,1H3,(H,11,12);1H. The zero-order valence-electron chi connectivity index (χ0n) is 8.54. The second-order valence-electron chi connectivity index (χ2n) is 3.39. The summed E-state index contributed by atoms with van der Waals surface area (Å²) in [4.78, 5) is 11.1. The van der Waals surface area contributed by atoms with Crippen molar-refractivity contribution in [3.63, 3.8) is 0 Å². The number of halogens is 1. The Kier molecular flexibility index (Phi) is 8.43. The zero-order chi connectivity index (χ0) is 9.52. The average molecular weight is 239 g/mol. The maximum atomic E-state index is 11.1. The van der Waals surface area contributed by atoms with Crippen LogP contribution >= 0.6 is 24.2 Å². The molecule has 0 saturated carbocycles. The summed E-state index contributed by atoms with van der Waals surface area (Å²) in [6.07, 6.45) is 2.51.